The van der Waals surface area contributed by atoms with Gasteiger partial charge >= 0.3 is 0 Å². The number of ether oxygens (including phenoxy) is 2. The van der Waals surface area contributed by atoms with E-state index in [9.17, 15) is 4.79 Å². The SMILES string of the molecule is COc1ccc(-c2ccn(CC(=O)Nc3cc(C4CC4)nn3C)n2)cc1OC. The lowest BCUT2D eigenvalue weighted by Crippen LogP contribution is -2.20. The van der Waals surface area contributed by atoms with E-state index < -0.39 is 0 Å². The number of anilines is 1. The van der Waals surface area contributed by atoms with E-state index >= 15 is 0 Å². The lowest BCUT2D eigenvalue weighted by molar-refractivity contribution is -0.116. The van der Waals surface area contributed by atoms with Crippen LogP contribution in [-0.2, 0) is 18.4 Å². The molecule has 2 aromatic heterocycles. The quantitative estimate of drug-likeness (QED) is 0.680. The molecule has 1 aliphatic carbocycles. The Morgan fingerprint density at radius 2 is 1.93 bits per heavy atom. The third-order valence-electron chi connectivity index (χ3n) is 4.79. The topological polar surface area (TPSA) is 83.2 Å². The van der Waals surface area contributed by atoms with Gasteiger partial charge in [0.1, 0.15) is 12.4 Å². The van der Waals surface area contributed by atoms with Crippen molar-refractivity contribution in [1.82, 2.24) is 19.6 Å². The number of carbonyl (C=O) groups excluding carboxylic acids is 1. The molecule has 2 heterocycles. The third kappa shape index (κ3) is 3.71. The number of benzene rings is 1. The summed E-state index contributed by atoms with van der Waals surface area (Å²) in [6, 6.07) is 9.42. The molecule has 28 heavy (non-hydrogen) atoms. The highest BCUT2D eigenvalue weighted by Gasteiger charge is 2.27. The summed E-state index contributed by atoms with van der Waals surface area (Å²) in [7, 11) is 5.03. The molecule has 1 saturated carbocycles. The monoisotopic (exact) mass is 381 g/mol. The van der Waals surface area contributed by atoms with Gasteiger partial charge in [-0.25, -0.2) is 0 Å². The van der Waals surface area contributed by atoms with Crippen molar-refractivity contribution in [2.75, 3.05) is 19.5 Å². The number of carbonyl (C=O) groups is 1. The Hall–Kier alpha value is -3.29. The average molecular weight is 381 g/mol. The van der Waals surface area contributed by atoms with Crippen LogP contribution in [0.3, 0.4) is 0 Å². The van der Waals surface area contributed by atoms with Gasteiger partial charge in [-0.3, -0.25) is 14.2 Å². The molecular weight excluding hydrogens is 358 g/mol. The first-order valence-electron chi connectivity index (χ1n) is 9.17. The Morgan fingerprint density at radius 1 is 1.14 bits per heavy atom. The van der Waals surface area contributed by atoms with Gasteiger partial charge in [-0.1, -0.05) is 0 Å². The molecule has 1 N–H and O–H groups in total. The van der Waals surface area contributed by atoms with Crippen LogP contribution in [0, 0.1) is 0 Å². The number of aromatic nitrogens is 4. The maximum atomic E-state index is 12.4. The van der Waals surface area contributed by atoms with Crippen LogP contribution in [0.5, 0.6) is 11.5 Å². The maximum Gasteiger partial charge on any atom is 0.247 e. The summed E-state index contributed by atoms with van der Waals surface area (Å²) in [6.45, 7) is 0.122. The number of nitrogens with one attached hydrogen (secondary N) is 1. The minimum absolute atomic E-state index is 0.122. The summed E-state index contributed by atoms with van der Waals surface area (Å²) < 4.78 is 13.9. The Morgan fingerprint density at radius 3 is 2.64 bits per heavy atom. The van der Waals surface area contributed by atoms with Crippen LogP contribution in [0.1, 0.15) is 24.5 Å². The number of aryl methyl sites for hydroxylation is 1. The van der Waals surface area contributed by atoms with Crippen molar-refractivity contribution in [2.24, 2.45) is 7.05 Å². The Labute approximate surface area is 163 Å². The number of amides is 1. The van der Waals surface area contributed by atoms with Gasteiger partial charge in [0.15, 0.2) is 11.5 Å². The highest BCUT2D eigenvalue weighted by atomic mass is 16.5. The van der Waals surface area contributed by atoms with Gasteiger partial charge in [0, 0.05) is 30.8 Å². The van der Waals surface area contributed by atoms with Gasteiger partial charge in [-0.2, -0.15) is 10.2 Å². The summed E-state index contributed by atoms with van der Waals surface area (Å²) in [4.78, 5) is 12.4. The van der Waals surface area contributed by atoms with Crippen molar-refractivity contribution in [3.05, 3.63) is 42.2 Å². The molecule has 1 amide bonds. The highest BCUT2D eigenvalue weighted by molar-refractivity contribution is 5.89. The molecule has 8 nitrogen and oxygen atoms in total. The molecule has 1 fully saturated rings. The molecule has 0 spiro atoms. The second kappa shape index (κ2) is 7.38. The number of hydrogen-bond acceptors (Lipinski definition) is 5. The van der Waals surface area contributed by atoms with Gasteiger partial charge in [-0.15, -0.1) is 0 Å². The van der Waals surface area contributed by atoms with Crippen LogP contribution in [0.25, 0.3) is 11.3 Å². The van der Waals surface area contributed by atoms with Crippen LogP contribution in [-0.4, -0.2) is 39.7 Å². The number of methoxy groups -OCH3 is 2. The maximum absolute atomic E-state index is 12.4. The van der Waals surface area contributed by atoms with Crippen molar-refractivity contribution < 1.29 is 14.3 Å². The molecule has 0 aliphatic heterocycles. The Bertz CT molecular complexity index is 1000. The molecule has 0 bridgehead atoms. The van der Waals surface area contributed by atoms with E-state index in [4.69, 9.17) is 9.47 Å². The minimum atomic E-state index is -0.146. The summed E-state index contributed by atoms with van der Waals surface area (Å²) >= 11 is 0. The van der Waals surface area contributed by atoms with Crippen molar-refractivity contribution >= 4 is 11.7 Å². The zero-order valence-corrected chi connectivity index (χ0v) is 16.2. The number of nitrogens with zero attached hydrogens (tertiary/aromatic N) is 4. The van der Waals surface area contributed by atoms with Crippen molar-refractivity contribution in [2.45, 2.75) is 25.3 Å². The van der Waals surface area contributed by atoms with E-state index in [0.717, 1.165) is 17.0 Å². The molecule has 3 aromatic rings. The fraction of sp³-hybridized carbons (Fsp3) is 0.350. The summed E-state index contributed by atoms with van der Waals surface area (Å²) in [5.41, 5.74) is 2.69. The molecule has 4 rings (SSSR count). The van der Waals surface area contributed by atoms with E-state index in [1.54, 1.807) is 29.8 Å². The highest BCUT2D eigenvalue weighted by Crippen LogP contribution is 2.39. The van der Waals surface area contributed by atoms with Gasteiger partial charge in [-0.05, 0) is 37.1 Å². The minimum Gasteiger partial charge on any atom is -0.493 e. The zero-order valence-electron chi connectivity index (χ0n) is 16.2. The second-order valence-electron chi connectivity index (χ2n) is 6.87. The molecular formula is C20H23N5O3. The molecule has 0 saturated heterocycles. The first kappa shape index (κ1) is 18.1. The molecule has 8 heteroatoms. The number of hydrogen-bond donors (Lipinski definition) is 1. The van der Waals surface area contributed by atoms with Crippen molar-refractivity contribution in [3.63, 3.8) is 0 Å². The molecule has 0 atom stereocenters. The van der Waals surface area contributed by atoms with E-state index in [-0.39, 0.29) is 12.5 Å². The summed E-state index contributed by atoms with van der Waals surface area (Å²) in [6.07, 6.45) is 4.14. The predicted octanol–water partition coefficient (Wildman–Crippen LogP) is 2.82. The average Bonchev–Trinajstić information content (AvgIpc) is 3.35. The first-order chi connectivity index (χ1) is 13.6. The standard InChI is InChI=1S/C20H23N5O3/c1-24-19(11-16(22-24)13-4-5-13)21-20(26)12-25-9-8-15(23-25)14-6-7-17(27-2)18(10-14)28-3/h6-11,13H,4-5,12H2,1-3H3,(H,21,26). The Balaban J connectivity index is 1.44. The van der Waals surface area contributed by atoms with Gasteiger partial charge in [0.05, 0.1) is 25.6 Å². The van der Waals surface area contributed by atoms with Crippen molar-refractivity contribution in [1.29, 1.82) is 0 Å². The van der Waals surface area contributed by atoms with E-state index in [1.165, 1.54) is 12.8 Å². The molecule has 1 aromatic carbocycles. The van der Waals surface area contributed by atoms with Crippen LogP contribution >= 0.6 is 0 Å². The lowest BCUT2D eigenvalue weighted by Gasteiger charge is -2.08. The van der Waals surface area contributed by atoms with Gasteiger partial charge in [0.2, 0.25) is 5.91 Å². The summed E-state index contributed by atoms with van der Waals surface area (Å²) in [5.74, 6) is 2.40. The van der Waals surface area contributed by atoms with E-state index in [2.05, 4.69) is 15.5 Å². The molecule has 146 valence electrons. The van der Waals surface area contributed by atoms with E-state index in [1.807, 2.05) is 37.4 Å². The van der Waals surface area contributed by atoms with Gasteiger partial charge < -0.3 is 14.8 Å². The van der Waals surface area contributed by atoms with Gasteiger partial charge in [0.25, 0.3) is 0 Å². The third-order valence-corrected chi connectivity index (χ3v) is 4.79. The first-order valence-corrected chi connectivity index (χ1v) is 9.17. The van der Waals surface area contributed by atoms with Crippen molar-refractivity contribution in [3.8, 4) is 22.8 Å². The fourth-order valence-electron chi connectivity index (χ4n) is 3.11. The number of rotatable bonds is 7. The van der Waals surface area contributed by atoms with Crippen LogP contribution < -0.4 is 14.8 Å². The molecule has 0 unspecified atom stereocenters. The lowest BCUT2D eigenvalue weighted by atomic mass is 10.1. The second-order valence-corrected chi connectivity index (χ2v) is 6.87. The van der Waals surface area contributed by atoms with Crippen LogP contribution in [0.4, 0.5) is 5.82 Å². The van der Waals surface area contributed by atoms with E-state index in [0.29, 0.717) is 23.2 Å². The Kier molecular flexibility index (Phi) is 4.77. The molecule has 0 radical (unpaired) electrons. The smallest absolute Gasteiger partial charge is 0.247 e. The normalized spacial score (nSPS) is 13.4. The van der Waals surface area contributed by atoms with Crippen LogP contribution in [0.2, 0.25) is 0 Å². The fourth-order valence-corrected chi connectivity index (χ4v) is 3.11. The zero-order chi connectivity index (χ0) is 19.7. The largest absolute Gasteiger partial charge is 0.493 e. The molecule has 1 aliphatic rings. The van der Waals surface area contributed by atoms with Crippen LogP contribution in [0.15, 0.2) is 36.5 Å². The predicted molar refractivity (Wildman–Crippen MR) is 105 cm³/mol. The summed E-state index contributed by atoms with van der Waals surface area (Å²) in [5, 5.41) is 11.9.